The van der Waals surface area contributed by atoms with Crippen molar-refractivity contribution in [1.82, 2.24) is 0 Å². The predicted molar refractivity (Wildman–Crippen MR) is 350 cm³/mol. The van der Waals surface area contributed by atoms with Gasteiger partial charge >= 0.3 is 5.97 Å². The molecular formula is C62H85N2O26S5+. The van der Waals surface area contributed by atoms with Gasteiger partial charge in [-0.2, -0.15) is 46.7 Å². The van der Waals surface area contributed by atoms with Crippen LogP contribution in [0.15, 0.2) is 116 Å². The summed E-state index contributed by atoms with van der Waals surface area (Å²) in [6.45, 7) is 8.40. The molecule has 2 atom stereocenters. The highest BCUT2D eigenvalue weighted by atomic mass is 32.2. The highest BCUT2D eigenvalue weighted by molar-refractivity contribution is 7.87. The molecule has 2 aliphatic heterocycles. The molecule has 0 amide bonds. The van der Waals surface area contributed by atoms with Gasteiger partial charge in [0.25, 0.3) is 50.6 Å². The van der Waals surface area contributed by atoms with Crippen LogP contribution in [0.5, 0.6) is 0 Å². The first-order valence-electron chi connectivity index (χ1n) is 30.3. The molecular weight excluding hydrogens is 1350 g/mol. The van der Waals surface area contributed by atoms with Crippen LogP contribution < -0.4 is 4.90 Å². The fourth-order valence-corrected chi connectivity index (χ4v) is 14.7. The average Bonchev–Trinajstić information content (AvgIpc) is 1.60. The molecule has 2 heterocycles. The van der Waals surface area contributed by atoms with Gasteiger partial charge in [-0.05, 0) is 105 Å². The minimum atomic E-state index is -5.15. The molecule has 0 spiro atoms. The van der Waals surface area contributed by atoms with Crippen molar-refractivity contribution in [3.05, 3.63) is 108 Å². The number of fused-ring (bicyclic) bond motifs is 6. The highest BCUT2D eigenvalue weighted by Crippen LogP contribution is 2.54. The Labute approximate surface area is 554 Å². The van der Waals surface area contributed by atoms with Crippen LogP contribution in [0.3, 0.4) is 0 Å². The first kappa shape index (κ1) is 78.5. The summed E-state index contributed by atoms with van der Waals surface area (Å²) in [4.78, 5) is 10.2. The number of allylic oxidation sites excluding steroid dienone is 8. The lowest BCUT2D eigenvalue weighted by Crippen LogP contribution is -2.33. The van der Waals surface area contributed by atoms with E-state index in [1.807, 2.05) is 16.4 Å². The molecule has 0 bridgehead atoms. The van der Waals surface area contributed by atoms with E-state index in [0.29, 0.717) is 125 Å². The van der Waals surface area contributed by atoms with E-state index in [2.05, 4.69) is 0 Å². The maximum Gasteiger partial charge on any atom is 0.303 e. The van der Waals surface area contributed by atoms with Gasteiger partial charge in [-0.1, -0.05) is 42.9 Å². The Hall–Kier alpha value is -5.51. The van der Waals surface area contributed by atoms with Crippen molar-refractivity contribution in [3.8, 4) is 0 Å². The lowest BCUT2D eigenvalue weighted by Gasteiger charge is -2.31. The quantitative estimate of drug-likeness (QED) is 0.0115. The molecule has 0 saturated carbocycles. The molecule has 0 saturated heterocycles. The van der Waals surface area contributed by atoms with Gasteiger partial charge in [0.05, 0.1) is 113 Å². The van der Waals surface area contributed by atoms with Crippen molar-refractivity contribution in [2.45, 2.75) is 89.2 Å². The van der Waals surface area contributed by atoms with Crippen molar-refractivity contribution < 1.29 is 122 Å². The number of rotatable bonds is 45. The molecule has 0 aliphatic carbocycles. The molecule has 528 valence electrons. The van der Waals surface area contributed by atoms with Crippen LogP contribution in [0.4, 0.5) is 11.4 Å². The van der Waals surface area contributed by atoms with Crippen molar-refractivity contribution in [2.75, 3.05) is 144 Å². The first-order chi connectivity index (χ1) is 44.9. The van der Waals surface area contributed by atoms with E-state index in [0.717, 1.165) is 12.1 Å². The minimum Gasteiger partial charge on any atom is -0.481 e. The summed E-state index contributed by atoms with van der Waals surface area (Å²) in [6.07, 6.45) is 13.1. The van der Waals surface area contributed by atoms with Gasteiger partial charge in [0.2, 0.25) is 5.69 Å². The van der Waals surface area contributed by atoms with Gasteiger partial charge in [0.15, 0.2) is 12.3 Å². The average molecular weight is 1430 g/mol. The second-order valence-corrected chi connectivity index (χ2v) is 29.7. The number of nitrogens with zero attached hydrogens (tertiary/aromatic N) is 2. The number of carboxylic acid groups (broad SMARTS) is 1. The summed E-state index contributed by atoms with van der Waals surface area (Å²) >= 11 is 0. The highest BCUT2D eigenvalue weighted by Gasteiger charge is 2.50. The molecule has 4 aromatic carbocycles. The molecule has 0 radical (unpaired) electrons. The van der Waals surface area contributed by atoms with E-state index in [-0.39, 0.29) is 107 Å². The number of hydrogen-bond donors (Lipinski definition) is 6. The van der Waals surface area contributed by atoms with Crippen LogP contribution >= 0.6 is 0 Å². The summed E-state index contributed by atoms with van der Waals surface area (Å²) in [7, 11) is -21.8. The van der Waals surface area contributed by atoms with Crippen LogP contribution in [0.1, 0.15) is 69.9 Å². The maximum absolute atomic E-state index is 13.0. The van der Waals surface area contributed by atoms with E-state index in [4.69, 9.17) is 42.6 Å². The van der Waals surface area contributed by atoms with E-state index in [1.54, 1.807) is 75.8 Å². The SMILES string of the molecule is COCCOCCOCCOCCOCC[N+]1=C(/C=C/C=C/C=C/C=C2/N(CCCCCC(=O)O)c3ccc4c(S(=O)(=O)O)cc(S(=O)(=O)O)cc4c3C2(C)CCOCCOCCOCCOC)C(C)(CCCS(=O)(=O)O)c2c1ccc1c(S(=O)(=O)O)cc(S(=O)(=O)O)cc21. The number of aliphatic carboxylic acids is 1. The number of unbranched alkanes of at least 4 members (excludes halogenated alkanes) is 2. The second-order valence-electron chi connectivity index (χ2n) is 22.5. The van der Waals surface area contributed by atoms with Crippen LogP contribution in [-0.2, 0) is 109 Å². The molecule has 2 aliphatic rings. The Morgan fingerprint density at radius 3 is 1.44 bits per heavy atom. The monoisotopic (exact) mass is 1430 g/mol. The van der Waals surface area contributed by atoms with E-state index in [9.17, 15) is 74.8 Å². The normalized spacial score (nSPS) is 17.7. The van der Waals surface area contributed by atoms with Crippen molar-refractivity contribution in [2.24, 2.45) is 0 Å². The summed E-state index contributed by atoms with van der Waals surface area (Å²) in [5.41, 5.74) is 0.269. The predicted octanol–water partition coefficient (Wildman–Crippen LogP) is 6.78. The van der Waals surface area contributed by atoms with Crippen LogP contribution in [0, 0.1) is 0 Å². The van der Waals surface area contributed by atoms with Gasteiger partial charge in [-0.3, -0.25) is 27.6 Å². The van der Waals surface area contributed by atoms with Gasteiger partial charge in [0.1, 0.15) is 16.4 Å². The Morgan fingerprint density at radius 1 is 0.495 bits per heavy atom. The molecule has 33 heteroatoms. The zero-order valence-electron chi connectivity index (χ0n) is 53.3. The van der Waals surface area contributed by atoms with E-state index < -0.39 is 92.7 Å². The maximum atomic E-state index is 13.0. The molecule has 0 fully saturated rings. The number of hydrogen-bond acceptors (Lipinski definition) is 21. The largest absolute Gasteiger partial charge is 0.481 e. The van der Waals surface area contributed by atoms with Crippen LogP contribution in [0.25, 0.3) is 21.5 Å². The van der Waals surface area contributed by atoms with Gasteiger partial charge in [-0.15, -0.1) is 0 Å². The topological polar surface area (TPSA) is 398 Å². The third kappa shape index (κ3) is 22.2. The fraction of sp³-hybridized carbons (Fsp3) is 0.516. The van der Waals surface area contributed by atoms with Gasteiger partial charge in [-0.25, -0.2) is 0 Å². The molecule has 6 rings (SSSR count). The number of anilines is 1. The minimum absolute atomic E-state index is 0.0186. The third-order valence-corrected chi connectivity index (χ3v) is 20.1. The molecule has 6 N–H and O–H groups in total. The Bertz CT molecular complexity index is 4060. The Balaban J connectivity index is 1.41. The molecule has 95 heavy (non-hydrogen) atoms. The summed E-state index contributed by atoms with van der Waals surface area (Å²) < 4.78 is 230. The molecule has 0 aromatic heterocycles. The second kappa shape index (κ2) is 35.8. The van der Waals surface area contributed by atoms with Crippen molar-refractivity contribution >= 4 is 95.2 Å². The first-order valence-corrected chi connectivity index (χ1v) is 37.7. The number of ether oxygens (including phenoxy) is 9. The Morgan fingerprint density at radius 2 is 0.958 bits per heavy atom. The summed E-state index contributed by atoms with van der Waals surface area (Å²) in [5.74, 6) is -1.67. The van der Waals surface area contributed by atoms with E-state index in [1.165, 1.54) is 12.1 Å². The lowest BCUT2D eigenvalue weighted by molar-refractivity contribution is -0.442. The fourth-order valence-electron chi connectivity index (χ4n) is 11.5. The van der Waals surface area contributed by atoms with Crippen LogP contribution in [0.2, 0.25) is 0 Å². The van der Waals surface area contributed by atoms with Crippen molar-refractivity contribution in [3.63, 3.8) is 0 Å². The number of methoxy groups -OCH3 is 2. The summed E-state index contributed by atoms with van der Waals surface area (Å²) in [5, 5.41) is 9.31. The third-order valence-electron chi connectivity index (χ3n) is 15.9. The molecule has 2 unspecified atom stereocenters. The number of carboxylic acids is 1. The van der Waals surface area contributed by atoms with E-state index >= 15 is 0 Å². The van der Waals surface area contributed by atoms with Crippen LogP contribution in [-0.4, -0.2) is 225 Å². The van der Waals surface area contributed by atoms with Gasteiger partial charge < -0.3 is 52.6 Å². The zero-order chi connectivity index (χ0) is 69.7. The lowest BCUT2D eigenvalue weighted by atomic mass is 9.74. The van der Waals surface area contributed by atoms with Crippen molar-refractivity contribution in [1.29, 1.82) is 0 Å². The number of carbonyl (C=O) groups is 1. The smallest absolute Gasteiger partial charge is 0.303 e. The standard InChI is InChI=1S/C62H84N2O26S5/c1-61(21-13-41-91(67,68)69)56(64(24-26-85-32-34-89-39-40-90-38-36-87-30-28-83-4)53-20-18-48-50(59(53)61)42-46(92(70,71)72)44-54(48)94(76,77)78)14-9-6-5-7-10-15-57-62(2,22-25-84-31-33-88-37-35-86-29-27-82-3)60-51-43-47(93(73,74)75)45-55(95(79,80)81)49(51)17-19-52(60)63(57)23-12-8-11-16-58(65)66/h5-7,9-10,14-15,17-20,42-45H,8,11-13,16,21-41H2,1-4H3,(H5-,65,66,67,68,69,70,71,72,73,74,75,76,77,78,79,80,81)/p+1. The number of benzene rings is 4. The Kier molecular flexibility index (Phi) is 29.6. The van der Waals surface area contributed by atoms with Gasteiger partial charge in [0, 0.05) is 79.1 Å². The zero-order valence-corrected chi connectivity index (χ0v) is 57.4. The molecule has 28 nitrogen and oxygen atoms in total. The molecule has 4 aromatic rings. The summed E-state index contributed by atoms with van der Waals surface area (Å²) in [6, 6.07) is 9.49.